The molecule has 3 aromatic rings. The summed E-state index contributed by atoms with van der Waals surface area (Å²) in [5.74, 6) is 3.00. The van der Waals surface area contributed by atoms with E-state index in [2.05, 4.69) is 5.32 Å². The van der Waals surface area contributed by atoms with Crippen LogP contribution in [-0.2, 0) is 0 Å². The van der Waals surface area contributed by atoms with Crippen LogP contribution < -0.4 is 42.8 Å². The fourth-order valence-corrected chi connectivity index (χ4v) is 4.74. The van der Waals surface area contributed by atoms with Gasteiger partial charge in [-0.25, -0.2) is 0 Å². The van der Waals surface area contributed by atoms with E-state index < -0.39 is 0 Å². The Morgan fingerprint density at radius 3 is 1.61 bits per heavy atom. The maximum absolute atomic E-state index is 6.24. The number of para-hydroxylation sites is 1. The highest BCUT2D eigenvalue weighted by Gasteiger charge is 2.28. The first-order valence-electron chi connectivity index (χ1n) is 12.3. The first-order chi connectivity index (χ1) is 17.4. The Hall–Kier alpha value is -3.51. The number of rotatable bonds is 6. The van der Waals surface area contributed by atoms with Gasteiger partial charge >= 0.3 is 0 Å². The van der Waals surface area contributed by atoms with E-state index in [1.807, 2.05) is 64.4 Å². The molecule has 5 rings (SSSR count). The lowest BCUT2D eigenvalue weighted by Gasteiger charge is -2.37. The Labute approximate surface area is 210 Å². The van der Waals surface area contributed by atoms with Crippen LogP contribution in [0.4, 0.5) is 23.5 Å². The molecule has 0 spiro atoms. The molecule has 36 heavy (non-hydrogen) atoms. The molecule has 0 saturated carbocycles. The van der Waals surface area contributed by atoms with Gasteiger partial charge in [-0.1, -0.05) is 18.2 Å². The maximum Gasteiger partial charge on any atom is 0.233 e. The summed E-state index contributed by atoms with van der Waals surface area (Å²) in [5.41, 5.74) is 25.8. The zero-order chi connectivity index (χ0) is 25.1. The number of ether oxygens (including phenoxy) is 1. The first kappa shape index (κ1) is 24.2. The molecular weight excluding hydrogens is 456 g/mol. The molecule has 0 radical (unpaired) electrons. The number of benzene rings is 2. The average Bonchev–Trinajstić information content (AvgIpc) is 2.84. The summed E-state index contributed by atoms with van der Waals surface area (Å²) >= 11 is 0. The second-order valence-electron chi connectivity index (χ2n) is 9.65. The molecule has 4 unspecified atom stereocenters. The largest absolute Gasteiger partial charge is 0.457 e. The van der Waals surface area contributed by atoms with E-state index in [9.17, 15) is 0 Å². The van der Waals surface area contributed by atoms with Gasteiger partial charge in [-0.15, -0.1) is 0 Å². The van der Waals surface area contributed by atoms with Gasteiger partial charge in [-0.3, -0.25) is 0 Å². The second kappa shape index (κ2) is 10.6. The molecule has 11 nitrogen and oxygen atoms in total. The normalized spacial score (nSPS) is 24.4. The monoisotopic (exact) mass is 490 g/mol. The lowest BCUT2D eigenvalue weighted by atomic mass is 10.0. The number of hydrogen-bond acceptors (Lipinski definition) is 11. The number of piperidine rings is 2. The summed E-state index contributed by atoms with van der Waals surface area (Å²) in [6.07, 6.45) is 1.54. The predicted octanol–water partition coefficient (Wildman–Crippen LogP) is 1.14. The number of nitrogens with zero attached hydrogens (tertiary/aromatic N) is 5. The molecule has 2 aromatic carbocycles. The van der Waals surface area contributed by atoms with Crippen molar-refractivity contribution in [2.75, 3.05) is 41.3 Å². The highest BCUT2D eigenvalue weighted by Crippen LogP contribution is 2.26. The molecule has 4 atom stereocenters. The van der Waals surface area contributed by atoms with Crippen molar-refractivity contribution in [2.45, 2.75) is 37.0 Å². The third kappa shape index (κ3) is 6.00. The Morgan fingerprint density at radius 2 is 1.11 bits per heavy atom. The van der Waals surface area contributed by atoms with Crippen molar-refractivity contribution in [3.05, 3.63) is 54.6 Å². The van der Waals surface area contributed by atoms with Crippen LogP contribution in [-0.4, -0.2) is 65.3 Å². The molecule has 2 saturated heterocycles. The van der Waals surface area contributed by atoms with Crippen molar-refractivity contribution in [1.82, 2.24) is 15.0 Å². The van der Waals surface area contributed by atoms with E-state index in [1.54, 1.807) is 0 Å². The summed E-state index contributed by atoms with van der Waals surface area (Å²) in [4.78, 5) is 18.2. The van der Waals surface area contributed by atoms with E-state index in [-0.39, 0.29) is 24.2 Å². The van der Waals surface area contributed by atoms with Crippen molar-refractivity contribution in [3.8, 4) is 11.5 Å². The number of nitrogens with one attached hydrogen (secondary N) is 1. The molecule has 2 aliphatic rings. The van der Waals surface area contributed by atoms with Gasteiger partial charge in [0.15, 0.2) is 0 Å². The summed E-state index contributed by atoms with van der Waals surface area (Å²) in [6.45, 7) is 2.50. The van der Waals surface area contributed by atoms with Crippen LogP contribution in [0.3, 0.4) is 0 Å². The number of anilines is 4. The van der Waals surface area contributed by atoms with Gasteiger partial charge in [0, 0.05) is 56.0 Å². The zero-order valence-corrected chi connectivity index (χ0v) is 20.2. The van der Waals surface area contributed by atoms with Gasteiger partial charge in [0.25, 0.3) is 0 Å². The second-order valence-corrected chi connectivity index (χ2v) is 9.65. The third-order valence-corrected chi connectivity index (χ3v) is 6.30. The van der Waals surface area contributed by atoms with Gasteiger partial charge in [0.05, 0.1) is 0 Å². The standard InChI is InChI=1S/C25H34N10O/c26-16-10-17(27)13-34(12-16)24-31-23(32-25(33-24)35-14-18(28)11-19(29)15-35)30-20-6-8-22(9-7-20)36-21-4-2-1-3-5-21/h1-9,16-19H,10-15,26-29H2,(H,30,31,32,33). The van der Waals surface area contributed by atoms with Crippen LogP contribution in [0.25, 0.3) is 0 Å². The summed E-state index contributed by atoms with van der Waals surface area (Å²) in [5, 5.41) is 3.30. The van der Waals surface area contributed by atoms with Crippen LogP contribution in [0.5, 0.6) is 11.5 Å². The fraction of sp³-hybridized carbons (Fsp3) is 0.400. The van der Waals surface area contributed by atoms with E-state index in [0.717, 1.165) is 30.0 Å². The molecule has 0 bridgehead atoms. The Balaban J connectivity index is 1.39. The van der Waals surface area contributed by atoms with Crippen LogP contribution in [0.1, 0.15) is 12.8 Å². The minimum atomic E-state index is -0.0423. The Morgan fingerprint density at radius 1 is 0.639 bits per heavy atom. The van der Waals surface area contributed by atoms with Crippen molar-refractivity contribution in [3.63, 3.8) is 0 Å². The average molecular weight is 491 g/mol. The minimum Gasteiger partial charge on any atom is -0.457 e. The van der Waals surface area contributed by atoms with E-state index in [4.69, 9.17) is 42.6 Å². The zero-order valence-electron chi connectivity index (χ0n) is 20.2. The summed E-state index contributed by atoms with van der Waals surface area (Å²) in [6, 6.07) is 17.1. The molecular formula is C25H34N10O. The van der Waals surface area contributed by atoms with Crippen molar-refractivity contribution >= 4 is 23.5 Å². The molecule has 11 heteroatoms. The van der Waals surface area contributed by atoms with Crippen LogP contribution >= 0.6 is 0 Å². The Bertz CT molecular complexity index is 1080. The van der Waals surface area contributed by atoms with Crippen LogP contribution in [0.2, 0.25) is 0 Å². The number of aromatic nitrogens is 3. The van der Waals surface area contributed by atoms with Gasteiger partial charge in [0.2, 0.25) is 17.8 Å². The Kier molecular flexibility index (Phi) is 7.14. The topological polar surface area (TPSA) is 170 Å². The van der Waals surface area contributed by atoms with E-state index in [1.165, 1.54) is 0 Å². The van der Waals surface area contributed by atoms with Crippen molar-refractivity contribution in [1.29, 1.82) is 0 Å². The van der Waals surface area contributed by atoms with Crippen LogP contribution in [0, 0.1) is 0 Å². The molecule has 1 aromatic heterocycles. The lowest BCUT2D eigenvalue weighted by Crippen LogP contribution is -2.54. The summed E-state index contributed by atoms with van der Waals surface area (Å²) < 4.78 is 5.89. The van der Waals surface area contributed by atoms with Crippen LogP contribution in [0.15, 0.2) is 54.6 Å². The van der Waals surface area contributed by atoms with Crippen molar-refractivity contribution in [2.24, 2.45) is 22.9 Å². The van der Waals surface area contributed by atoms with E-state index >= 15 is 0 Å². The van der Waals surface area contributed by atoms with Crippen molar-refractivity contribution < 1.29 is 4.74 Å². The SMILES string of the molecule is NC1CC(N)CN(c2nc(Nc3ccc(Oc4ccccc4)cc3)nc(N3CC(N)CC(N)C3)n2)C1. The van der Waals surface area contributed by atoms with Gasteiger partial charge in [0.1, 0.15) is 11.5 Å². The minimum absolute atomic E-state index is 0.0423. The highest BCUT2D eigenvalue weighted by molar-refractivity contribution is 5.57. The smallest absolute Gasteiger partial charge is 0.233 e. The predicted molar refractivity (Wildman–Crippen MR) is 142 cm³/mol. The lowest BCUT2D eigenvalue weighted by molar-refractivity contribution is 0.441. The molecule has 2 fully saturated rings. The molecule has 9 N–H and O–H groups in total. The third-order valence-electron chi connectivity index (χ3n) is 6.30. The number of hydrogen-bond donors (Lipinski definition) is 5. The van der Waals surface area contributed by atoms with Gasteiger partial charge in [-0.05, 0) is 49.2 Å². The number of nitrogens with two attached hydrogens (primary N) is 4. The molecule has 0 aliphatic carbocycles. The quantitative estimate of drug-likeness (QED) is 0.335. The molecule has 3 heterocycles. The van der Waals surface area contributed by atoms with E-state index in [0.29, 0.717) is 44.0 Å². The highest BCUT2D eigenvalue weighted by atomic mass is 16.5. The molecule has 0 amide bonds. The maximum atomic E-state index is 6.24. The molecule has 2 aliphatic heterocycles. The first-order valence-corrected chi connectivity index (χ1v) is 12.3. The van der Waals surface area contributed by atoms with Gasteiger partial charge < -0.3 is 42.8 Å². The fourth-order valence-electron chi connectivity index (χ4n) is 4.74. The molecule has 190 valence electrons. The van der Waals surface area contributed by atoms with Gasteiger partial charge in [-0.2, -0.15) is 15.0 Å². The summed E-state index contributed by atoms with van der Waals surface area (Å²) in [7, 11) is 0.